The van der Waals surface area contributed by atoms with Gasteiger partial charge in [0, 0.05) is 10.4 Å². The van der Waals surface area contributed by atoms with E-state index < -0.39 is 0 Å². The number of benzene rings is 1. The second-order valence-corrected chi connectivity index (χ2v) is 5.50. The Morgan fingerprint density at radius 1 is 1.39 bits per heavy atom. The van der Waals surface area contributed by atoms with Gasteiger partial charge in [-0.25, -0.2) is 4.98 Å². The molecule has 0 saturated heterocycles. The van der Waals surface area contributed by atoms with E-state index >= 15 is 0 Å². The normalized spacial score (nSPS) is 12.2. The molecule has 0 bridgehead atoms. The fourth-order valence-electron chi connectivity index (χ4n) is 1.57. The second-order valence-electron chi connectivity index (χ2n) is 4.00. The summed E-state index contributed by atoms with van der Waals surface area (Å²) < 4.78 is 0. The summed E-state index contributed by atoms with van der Waals surface area (Å²) in [6.45, 7) is 3.81. The third kappa shape index (κ3) is 3.09. The molecule has 0 fully saturated rings. The largest absolute Gasteiger partial charge is 0.344 e. The topological polar surface area (TPSA) is 42.0 Å². The summed E-state index contributed by atoms with van der Waals surface area (Å²) in [6.07, 6.45) is 0. The minimum Gasteiger partial charge on any atom is -0.344 e. The lowest BCUT2D eigenvalue weighted by atomic mass is 10.1. The van der Waals surface area contributed by atoms with Gasteiger partial charge in [-0.15, -0.1) is 11.3 Å². The Morgan fingerprint density at radius 3 is 2.61 bits per heavy atom. The van der Waals surface area contributed by atoms with Crippen LogP contribution in [0.4, 0.5) is 0 Å². The maximum absolute atomic E-state index is 11.9. The SMILES string of the molecule is Cc1nc(C(=O)NC(C)c2ccc(Cl)cc2)cs1. The molecule has 1 heterocycles. The van der Waals surface area contributed by atoms with Crippen LogP contribution in [0.1, 0.15) is 34.0 Å². The highest BCUT2D eigenvalue weighted by Crippen LogP contribution is 2.17. The Labute approximate surface area is 115 Å². The van der Waals surface area contributed by atoms with E-state index in [-0.39, 0.29) is 11.9 Å². The van der Waals surface area contributed by atoms with Crippen molar-refractivity contribution in [3.63, 3.8) is 0 Å². The van der Waals surface area contributed by atoms with Crippen LogP contribution in [-0.4, -0.2) is 10.9 Å². The van der Waals surface area contributed by atoms with E-state index in [4.69, 9.17) is 11.6 Å². The Morgan fingerprint density at radius 2 is 2.06 bits per heavy atom. The number of nitrogens with one attached hydrogen (secondary N) is 1. The first-order valence-corrected chi connectivity index (χ1v) is 6.80. The van der Waals surface area contributed by atoms with Crippen molar-refractivity contribution in [2.75, 3.05) is 0 Å². The van der Waals surface area contributed by atoms with Crippen LogP contribution in [0.25, 0.3) is 0 Å². The van der Waals surface area contributed by atoms with Crippen molar-refractivity contribution >= 4 is 28.8 Å². The minimum absolute atomic E-state index is 0.0724. The molecular formula is C13H13ClN2OS. The highest BCUT2D eigenvalue weighted by molar-refractivity contribution is 7.09. The van der Waals surface area contributed by atoms with Gasteiger partial charge >= 0.3 is 0 Å². The number of carbonyl (C=O) groups excluding carboxylic acids is 1. The molecule has 1 amide bonds. The van der Waals surface area contributed by atoms with Crippen molar-refractivity contribution in [2.24, 2.45) is 0 Å². The number of amides is 1. The second kappa shape index (κ2) is 5.50. The summed E-state index contributed by atoms with van der Waals surface area (Å²) in [4.78, 5) is 16.1. The first kappa shape index (κ1) is 13.1. The first-order chi connectivity index (χ1) is 8.56. The first-order valence-electron chi connectivity index (χ1n) is 5.54. The van der Waals surface area contributed by atoms with E-state index in [0.29, 0.717) is 10.7 Å². The van der Waals surface area contributed by atoms with Crippen LogP contribution in [0.15, 0.2) is 29.6 Å². The van der Waals surface area contributed by atoms with Crippen LogP contribution in [0, 0.1) is 6.92 Å². The number of hydrogen-bond donors (Lipinski definition) is 1. The van der Waals surface area contributed by atoms with E-state index in [2.05, 4.69) is 10.3 Å². The van der Waals surface area contributed by atoms with Crippen molar-refractivity contribution in [1.29, 1.82) is 0 Å². The molecule has 5 heteroatoms. The molecule has 94 valence electrons. The summed E-state index contributed by atoms with van der Waals surface area (Å²) >= 11 is 7.29. The van der Waals surface area contributed by atoms with Crippen LogP contribution in [0.3, 0.4) is 0 Å². The van der Waals surface area contributed by atoms with E-state index in [1.54, 1.807) is 5.38 Å². The van der Waals surface area contributed by atoms with E-state index in [1.807, 2.05) is 38.1 Å². The molecule has 0 aliphatic heterocycles. The number of aromatic nitrogens is 1. The number of aryl methyl sites for hydroxylation is 1. The fraction of sp³-hybridized carbons (Fsp3) is 0.231. The number of thiazole rings is 1. The maximum Gasteiger partial charge on any atom is 0.271 e. The Balaban J connectivity index is 2.05. The molecule has 2 aromatic rings. The van der Waals surface area contributed by atoms with Crippen LogP contribution < -0.4 is 5.32 Å². The van der Waals surface area contributed by atoms with E-state index in [1.165, 1.54) is 11.3 Å². The van der Waals surface area contributed by atoms with Gasteiger partial charge in [0.25, 0.3) is 5.91 Å². The standard InChI is InChI=1S/C13H13ClN2OS/c1-8(10-3-5-11(14)6-4-10)15-13(17)12-7-18-9(2)16-12/h3-8H,1-2H3,(H,15,17). The van der Waals surface area contributed by atoms with Gasteiger partial charge < -0.3 is 5.32 Å². The summed E-state index contributed by atoms with van der Waals surface area (Å²) in [5.74, 6) is -0.151. The van der Waals surface area contributed by atoms with Gasteiger partial charge in [0.1, 0.15) is 5.69 Å². The smallest absolute Gasteiger partial charge is 0.271 e. The molecule has 0 radical (unpaired) electrons. The molecule has 0 aliphatic rings. The molecule has 1 atom stereocenters. The molecule has 0 aliphatic carbocycles. The molecular weight excluding hydrogens is 268 g/mol. The van der Waals surface area contributed by atoms with Crippen molar-refractivity contribution in [1.82, 2.24) is 10.3 Å². The third-order valence-electron chi connectivity index (χ3n) is 2.57. The lowest BCUT2D eigenvalue weighted by Gasteiger charge is -2.13. The molecule has 3 nitrogen and oxygen atoms in total. The van der Waals surface area contributed by atoms with Crippen LogP contribution in [0.2, 0.25) is 5.02 Å². The van der Waals surface area contributed by atoms with Crippen molar-refractivity contribution in [3.8, 4) is 0 Å². The van der Waals surface area contributed by atoms with Gasteiger partial charge in [0.15, 0.2) is 0 Å². The zero-order chi connectivity index (χ0) is 13.1. The van der Waals surface area contributed by atoms with E-state index in [9.17, 15) is 4.79 Å². The summed E-state index contributed by atoms with van der Waals surface area (Å²) in [5.41, 5.74) is 1.48. The Kier molecular flexibility index (Phi) is 3.99. The van der Waals surface area contributed by atoms with Gasteiger partial charge in [-0.3, -0.25) is 4.79 Å². The number of rotatable bonds is 3. The third-order valence-corrected chi connectivity index (χ3v) is 3.59. The Bertz CT molecular complexity index is 550. The zero-order valence-electron chi connectivity index (χ0n) is 10.1. The monoisotopic (exact) mass is 280 g/mol. The van der Waals surface area contributed by atoms with Gasteiger partial charge in [-0.05, 0) is 31.5 Å². The van der Waals surface area contributed by atoms with Gasteiger partial charge in [-0.2, -0.15) is 0 Å². The molecule has 0 saturated carbocycles. The average molecular weight is 281 g/mol. The van der Waals surface area contributed by atoms with Crippen LogP contribution >= 0.6 is 22.9 Å². The highest BCUT2D eigenvalue weighted by atomic mass is 35.5. The summed E-state index contributed by atoms with van der Waals surface area (Å²) in [6, 6.07) is 7.36. The minimum atomic E-state index is -0.151. The van der Waals surface area contributed by atoms with Gasteiger partial charge in [-0.1, -0.05) is 23.7 Å². The van der Waals surface area contributed by atoms with Crippen molar-refractivity contribution < 1.29 is 4.79 Å². The van der Waals surface area contributed by atoms with Crippen molar-refractivity contribution in [3.05, 3.63) is 50.9 Å². The zero-order valence-corrected chi connectivity index (χ0v) is 11.7. The molecule has 1 aromatic heterocycles. The predicted molar refractivity (Wildman–Crippen MR) is 74.2 cm³/mol. The highest BCUT2D eigenvalue weighted by Gasteiger charge is 2.13. The van der Waals surface area contributed by atoms with Crippen molar-refractivity contribution in [2.45, 2.75) is 19.9 Å². The lowest BCUT2D eigenvalue weighted by molar-refractivity contribution is 0.0935. The number of carbonyl (C=O) groups is 1. The van der Waals surface area contributed by atoms with Gasteiger partial charge in [0.05, 0.1) is 11.0 Å². The molecule has 18 heavy (non-hydrogen) atoms. The number of hydrogen-bond acceptors (Lipinski definition) is 3. The Hall–Kier alpha value is -1.39. The van der Waals surface area contributed by atoms with Gasteiger partial charge in [0.2, 0.25) is 0 Å². The summed E-state index contributed by atoms with van der Waals surface area (Å²) in [7, 11) is 0. The quantitative estimate of drug-likeness (QED) is 0.933. The molecule has 1 aromatic carbocycles. The molecule has 2 rings (SSSR count). The molecule has 1 N–H and O–H groups in total. The average Bonchev–Trinajstić information content (AvgIpc) is 2.76. The lowest BCUT2D eigenvalue weighted by Crippen LogP contribution is -2.26. The number of halogens is 1. The molecule has 0 spiro atoms. The van der Waals surface area contributed by atoms with E-state index in [0.717, 1.165) is 10.6 Å². The predicted octanol–water partition coefficient (Wildman–Crippen LogP) is 3.60. The summed E-state index contributed by atoms with van der Waals surface area (Å²) in [5, 5.41) is 6.25. The fourth-order valence-corrected chi connectivity index (χ4v) is 2.29. The van der Waals surface area contributed by atoms with Crippen LogP contribution in [-0.2, 0) is 0 Å². The van der Waals surface area contributed by atoms with Crippen LogP contribution in [0.5, 0.6) is 0 Å². The number of nitrogens with zero attached hydrogens (tertiary/aromatic N) is 1. The molecule has 1 unspecified atom stereocenters. The maximum atomic E-state index is 11.9.